The summed E-state index contributed by atoms with van der Waals surface area (Å²) in [7, 11) is 0. The van der Waals surface area contributed by atoms with Crippen molar-refractivity contribution < 1.29 is 4.74 Å². The van der Waals surface area contributed by atoms with Crippen molar-refractivity contribution in [3.05, 3.63) is 21.6 Å². The van der Waals surface area contributed by atoms with Gasteiger partial charge in [-0.25, -0.2) is 5.10 Å². The maximum Gasteiger partial charge on any atom is 0.285 e. The standard InChI is InChI=1S/C9H14ClN3O2/c1-3-15-5-6(2)12-7-4-11-13-9(14)8(7)10/h4,6H,3,5H2,1-2H3,(H2,12,13,14). The van der Waals surface area contributed by atoms with Crippen molar-refractivity contribution in [3.63, 3.8) is 0 Å². The van der Waals surface area contributed by atoms with Gasteiger partial charge in [-0.1, -0.05) is 11.6 Å². The molecule has 0 aliphatic heterocycles. The predicted octanol–water partition coefficient (Wildman–Crippen LogP) is 1.26. The summed E-state index contributed by atoms with van der Waals surface area (Å²) in [5.74, 6) is 0. The molecule has 0 spiro atoms. The molecule has 15 heavy (non-hydrogen) atoms. The third-order valence-corrected chi connectivity index (χ3v) is 2.14. The summed E-state index contributed by atoms with van der Waals surface area (Å²) in [5.41, 5.74) is 0.123. The summed E-state index contributed by atoms with van der Waals surface area (Å²) < 4.78 is 5.23. The van der Waals surface area contributed by atoms with Crippen molar-refractivity contribution in [1.82, 2.24) is 10.2 Å². The normalized spacial score (nSPS) is 12.5. The van der Waals surface area contributed by atoms with Gasteiger partial charge >= 0.3 is 0 Å². The van der Waals surface area contributed by atoms with E-state index in [4.69, 9.17) is 16.3 Å². The molecule has 1 atom stereocenters. The van der Waals surface area contributed by atoms with Crippen LogP contribution in [-0.2, 0) is 4.74 Å². The number of aromatic amines is 1. The van der Waals surface area contributed by atoms with Crippen LogP contribution in [0, 0.1) is 0 Å². The third kappa shape index (κ3) is 3.53. The highest BCUT2D eigenvalue weighted by Crippen LogP contribution is 2.15. The minimum Gasteiger partial charge on any atom is -0.380 e. The largest absolute Gasteiger partial charge is 0.380 e. The van der Waals surface area contributed by atoms with E-state index in [1.54, 1.807) is 0 Å². The van der Waals surface area contributed by atoms with Crippen molar-refractivity contribution in [1.29, 1.82) is 0 Å². The third-order valence-electron chi connectivity index (χ3n) is 1.77. The lowest BCUT2D eigenvalue weighted by atomic mass is 10.3. The van der Waals surface area contributed by atoms with Crippen molar-refractivity contribution in [2.75, 3.05) is 18.5 Å². The number of anilines is 1. The maximum atomic E-state index is 11.1. The number of ether oxygens (including phenoxy) is 1. The first-order chi connectivity index (χ1) is 7.15. The van der Waals surface area contributed by atoms with Gasteiger partial charge < -0.3 is 10.1 Å². The zero-order valence-electron chi connectivity index (χ0n) is 8.71. The molecule has 1 unspecified atom stereocenters. The Bertz CT molecular complexity index is 367. The topological polar surface area (TPSA) is 67.0 Å². The van der Waals surface area contributed by atoms with E-state index in [9.17, 15) is 4.79 Å². The Hall–Kier alpha value is -1.07. The predicted molar refractivity (Wildman–Crippen MR) is 59.4 cm³/mol. The van der Waals surface area contributed by atoms with Gasteiger partial charge in [0.2, 0.25) is 0 Å². The van der Waals surface area contributed by atoms with Gasteiger partial charge in [-0.2, -0.15) is 5.10 Å². The SMILES string of the molecule is CCOCC(C)Nc1cn[nH]c(=O)c1Cl. The Morgan fingerprint density at radius 1 is 1.73 bits per heavy atom. The minimum atomic E-state index is -0.398. The highest BCUT2D eigenvalue weighted by molar-refractivity contribution is 6.32. The molecule has 0 aliphatic rings. The Morgan fingerprint density at radius 2 is 2.47 bits per heavy atom. The summed E-state index contributed by atoms with van der Waals surface area (Å²) in [5, 5.41) is 9.07. The highest BCUT2D eigenvalue weighted by Gasteiger charge is 2.07. The van der Waals surface area contributed by atoms with Gasteiger partial charge in [0.05, 0.1) is 18.5 Å². The van der Waals surface area contributed by atoms with Crippen LogP contribution < -0.4 is 10.9 Å². The van der Waals surface area contributed by atoms with Gasteiger partial charge in [-0.05, 0) is 13.8 Å². The molecule has 2 N–H and O–H groups in total. The van der Waals surface area contributed by atoms with Crippen LogP contribution in [0.25, 0.3) is 0 Å². The van der Waals surface area contributed by atoms with Crippen LogP contribution in [0.15, 0.2) is 11.0 Å². The summed E-state index contributed by atoms with van der Waals surface area (Å²) in [4.78, 5) is 11.1. The lowest BCUT2D eigenvalue weighted by molar-refractivity contribution is 0.141. The second-order valence-corrected chi connectivity index (χ2v) is 3.51. The second kappa shape index (κ2) is 5.72. The number of nitrogens with zero attached hydrogens (tertiary/aromatic N) is 1. The van der Waals surface area contributed by atoms with Crippen molar-refractivity contribution >= 4 is 17.3 Å². The molecule has 0 amide bonds. The molecule has 84 valence electrons. The summed E-state index contributed by atoms with van der Waals surface area (Å²) in [6, 6.07) is 0.0750. The van der Waals surface area contributed by atoms with Crippen LogP contribution in [0.5, 0.6) is 0 Å². The fourth-order valence-corrected chi connectivity index (χ4v) is 1.23. The molecule has 5 nitrogen and oxygen atoms in total. The summed E-state index contributed by atoms with van der Waals surface area (Å²) in [6.45, 7) is 5.08. The number of H-pyrrole nitrogens is 1. The van der Waals surface area contributed by atoms with Crippen LogP contribution in [0.2, 0.25) is 5.02 Å². The second-order valence-electron chi connectivity index (χ2n) is 3.13. The van der Waals surface area contributed by atoms with E-state index in [0.717, 1.165) is 0 Å². The molecule has 1 aromatic rings. The molecule has 6 heteroatoms. The lowest BCUT2D eigenvalue weighted by Gasteiger charge is -2.14. The Kier molecular flexibility index (Phi) is 4.58. The van der Waals surface area contributed by atoms with E-state index in [1.807, 2.05) is 13.8 Å². The Balaban J connectivity index is 2.64. The smallest absolute Gasteiger partial charge is 0.285 e. The zero-order valence-corrected chi connectivity index (χ0v) is 9.47. The molecule has 1 heterocycles. The van der Waals surface area contributed by atoms with Crippen molar-refractivity contribution in [2.45, 2.75) is 19.9 Å². The first-order valence-electron chi connectivity index (χ1n) is 4.72. The lowest BCUT2D eigenvalue weighted by Crippen LogP contribution is -2.23. The molecule has 0 saturated heterocycles. The monoisotopic (exact) mass is 231 g/mol. The molecule has 0 saturated carbocycles. The van der Waals surface area contributed by atoms with E-state index >= 15 is 0 Å². The number of rotatable bonds is 5. The van der Waals surface area contributed by atoms with Gasteiger partial charge in [0, 0.05) is 12.6 Å². The van der Waals surface area contributed by atoms with E-state index < -0.39 is 5.56 Å². The van der Waals surface area contributed by atoms with Crippen LogP contribution in [-0.4, -0.2) is 29.5 Å². The number of nitrogens with one attached hydrogen (secondary N) is 2. The van der Waals surface area contributed by atoms with Gasteiger partial charge in [-0.3, -0.25) is 4.79 Å². The molecule has 0 radical (unpaired) electrons. The number of aromatic nitrogens is 2. The van der Waals surface area contributed by atoms with Crippen LogP contribution in [0.1, 0.15) is 13.8 Å². The first-order valence-corrected chi connectivity index (χ1v) is 5.10. The maximum absolute atomic E-state index is 11.1. The number of hydrogen-bond donors (Lipinski definition) is 2. The van der Waals surface area contributed by atoms with Gasteiger partial charge in [0.15, 0.2) is 0 Å². The van der Waals surface area contributed by atoms with Gasteiger partial charge in [0.25, 0.3) is 5.56 Å². The molecule has 0 aliphatic carbocycles. The molecular formula is C9H14ClN3O2. The van der Waals surface area contributed by atoms with Crippen molar-refractivity contribution in [2.24, 2.45) is 0 Å². The minimum absolute atomic E-state index is 0.0750. The fraction of sp³-hybridized carbons (Fsp3) is 0.556. The van der Waals surface area contributed by atoms with E-state index in [-0.39, 0.29) is 11.1 Å². The molecule has 1 aromatic heterocycles. The van der Waals surface area contributed by atoms with Gasteiger partial charge in [-0.15, -0.1) is 0 Å². The van der Waals surface area contributed by atoms with E-state index in [2.05, 4.69) is 15.5 Å². The van der Waals surface area contributed by atoms with E-state index in [0.29, 0.717) is 18.9 Å². The van der Waals surface area contributed by atoms with Crippen molar-refractivity contribution in [3.8, 4) is 0 Å². The number of halogens is 1. The quantitative estimate of drug-likeness (QED) is 0.801. The van der Waals surface area contributed by atoms with Crippen LogP contribution >= 0.6 is 11.6 Å². The average molecular weight is 232 g/mol. The number of hydrogen-bond acceptors (Lipinski definition) is 4. The molecular weight excluding hydrogens is 218 g/mol. The van der Waals surface area contributed by atoms with Gasteiger partial charge in [0.1, 0.15) is 5.02 Å². The van der Waals surface area contributed by atoms with E-state index in [1.165, 1.54) is 6.20 Å². The molecule has 1 rings (SSSR count). The average Bonchev–Trinajstić information content (AvgIpc) is 2.22. The van der Waals surface area contributed by atoms with Crippen LogP contribution in [0.3, 0.4) is 0 Å². The van der Waals surface area contributed by atoms with Crippen LogP contribution in [0.4, 0.5) is 5.69 Å². The molecule has 0 fully saturated rings. The summed E-state index contributed by atoms with van der Waals surface area (Å²) >= 11 is 5.78. The fourth-order valence-electron chi connectivity index (χ4n) is 1.09. The highest BCUT2D eigenvalue weighted by atomic mass is 35.5. The summed E-state index contributed by atoms with van der Waals surface area (Å²) in [6.07, 6.45) is 1.48. The zero-order chi connectivity index (χ0) is 11.3. The Labute approximate surface area is 92.8 Å². The molecule has 0 aromatic carbocycles. The molecule has 0 bridgehead atoms. The first kappa shape index (κ1) is 12.0. The Morgan fingerprint density at radius 3 is 3.13 bits per heavy atom.